The second-order valence-electron chi connectivity index (χ2n) is 9.99. The summed E-state index contributed by atoms with van der Waals surface area (Å²) in [5.41, 5.74) is 5.47. The van der Waals surface area contributed by atoms with Gasteiger partial charge in [0.15, 0.2) is 35.1 Å². The Morgan fingerprint density at radius 2 is 1.78 bits per heavy atom. The minimum atomic E-state index is -5.10. The molecule has 4 aromatic heterocycles. The lowest BCUT2D eigenvalue weighted by atomic mass is 10.1. The molecule has 2 unspecified atom stereocenters. The lowest BCUT2D eigenvalue weighted by Gasteiger charge is -2.23. The third-order valence-corrected chi connectivity index (χ3v) is 9.26. The number of fused-ring (bicyclic) bond motifs is 2. The van der Waals surface area contributed by atoms with Crippen LogP contribution < -0.4 is 11.3 Å². The number of aliphatic hydroxyl groups is 3. The van der Waals surface area contributed by atoms with Gasteiger partial charge in [-0.2, -0.15) is 9.88 Å². The van der Waals surface area contributed by atoms with Crippen molar-refractivity contribution in [1.29, 1.82) is 0 Å². The average Bonchev–Trinajstić information content (AvgIpc) is 3.76. The minimum absolute atomic E-state index is 0.0902. The Labute approximate surface area is 261 Å². The molecule has 0 amide bonds. The number of nitrogen functional groups attached to an aromatic ring is 1. The van der Waals surface area contributed by atoms with Crippen molar-refractivity contribution >= 4 is 55.9 Å². The van der Waals surface area contributed by atoms with E-state index in [2.05, 4.69) is 29.9 Å². The summed E-state index contributed by atoms with van der Waals surface area (Å²) in [6.45, 7) is -0.756. The fourth-order valence-electron chi connectivity index (χ4n) is 5.09. The van der Waals surface area contributed by atoms with Crippen molar-refractivity contribution in [1.82, 2.24) is 39.0 Å². The summed E-state index contributed by atoms with van der Waals surface area (Å²) in [4.78, 5) is 54.8. The largest absolute Gasteiger partial charge is 0.537 e. The maximum absolute atomic E-state index is 13.1. The Bertz CT molecular complexity index is 1920. The molecule has 246 valence electrons. The van der Waals surface area contributed by atoms with Gasteiger partial charge in [-0.25, -0.2) is 24.5 Å². The zero-order valence-corrected chi connectivity index (χ0v) is 25.9. The number of ether oxygens (including phenoxy) is 2. The predicted octanol–water partition coefficient (Wildman–Crippen LogP) is -1.11. The predicted molar refractivity (Wildman–Crippen MR) is 155 cm³/mol. The summed E-state index contributed by atoms with van der Waals surface area (Å²) in [5, 5.41) is 33.1. The van der Waals surface area contributed by atoms with Crippen LogP contribution in [0.3, 0.4) is 0 Å². The van der Waals surface area contributed by atoms with Crippen molar-refractivity contribution < 1.29 is 52.8 Å². The van der Waals surface area contributed by atoms with E-state index in [1.807, 2.05) is 0 Å². The van der Waals surface area contributed by atoms with E-state index >= 15 is 0 Å². The molecule has 46 heavy (non-hydrogen) atoms. The van der Waals surface area contributed by atoms with Gasteiger partial charge >= 0.3 is 15.9 Å². The van der Waals surface area contributed by atoms with E-state index in [1.54, 1.807) is 6.26 Å². The van der Waals surface area contributed by atoms with Crippen LogP contribution >= 0.6 is 27.6 Å². The number of thioether (sulfide) groups is 1. The van der Waals surface area contributed by atoms with Crippen LogP contribution in [0.15, 0.2) is 40.7 Å². The molecule has 2 saturated heterocycles. The SMILES string of the molecule is CSc1ncnc2c1ncn2[C@@H]1O[C@H](COP(=O)(O)O[C@H]2[C@@H](O)[C@H](n3cnc4c(=O)[nH]c(N)nc43)O[C@@H]2/C=C\[P+](=O)O)[C@@H](O)[C@H]1O. The first-order valence-electron chi connectivity index (χ1n) is 13.2. The molecule has 8 N–H and O–H groups in total. The fourth-order valence-corrected chi connectivity index (χ4v) is 6.84. The summed E-state index contributed by atoms with van der Waals surface area (Å²) in [5.74, 6) is 0.558. The summed E-state index contributed by atoms with van der Waals surface area (Å²) >= 11 is 1.33. The van der Waals surface area contributed by atoms with Gasteiger partial charge in [0, 0.05) is 0 Å². The molecule has 2 fully saturated rings. The van der Waals surface area contributed by atoms with Crippen molar-refractivity contribution in [3.05, 3.63) is 41.2 Å². The van der Waals surface area contributed by atoms with Gasteiger partial charge in [0.2, 0.25) is 5.95 Å². The molecule has 0 saturated carbocycles. The van der Waals surface area contributed by atoms with E-state index in [0.717, 1.165) is 22.8 Å². The van der Waals surface area contributed by atoms with Crippen molar-refractivity contribution in [3.8, 4) is 0 Å². The molecule has 0 aliphatic carbocycles. The first kappa shape index (κ1) is 32.7. The molecule has 6 rings (SSSR count). The third kappa shape index (κ3) is 6.10. The summed E-state index contributed by atoms with van der Waals surface area (Å²) in [6, 6.07) is 0. The molecule has 21 nitrogen and oxygen atoms in total. The highest BCUT2D eigenvalue weighted by Gasteiger charge is 2.50. The molecule has 0 bridgehead atoms. The number of imidazole rings is 2. The maximum atomic E-state index is 13.1. The highest BCUT2D eigenvalue weighted by atomic mass is 32.2. The molecular weight excluding hydrogens is 676 g/mol. The molecule has 0 spiro atoms. The number of hydrogen-bond acceptors (Lipinski definition) is 17. The monoisotopic (exact) mass is 702 g/mol. The van der Waals surface area contributed by atoms with Crippen LogP contribution in [0.2, 0.25) is 0 Å². The van der Waals surface area contributed by atoms with Gasteiger partial charge in [-0.05, 0) is 16.9 Å². The van der Waals surface area contributed by atoms with Gasteiger partial charge in [0.05, 0.1) is 19.3 Å². The highest BCUT2D eigenvalue weighted by molar-refractivity contribution is 7.98. The van der Waals surface area contributed by atoms with E-state index in [4.69, 9.17) is 24.3 Å². The lowest BCUT2D eigenvalue weighted by Crippen LogP contribution is -2.35. The average molecular weight is 703 g/mol. The van der Waals surface area contributed by atoms with Gasteiger partial charge < -0.3 is 35.4 Å². The zero-order chi connectivity index (χ0) is 32.9. The van der Waals surface area contributed by atoms with Gasteiger partial charge in [-0.1, -0.05) is 0 Å². The van der Waals surface area contributed by atoms with Gasteiger partial charge in [-0.3, -0.25) is 28.0 Å². The zero-order valence-electron chi connectivity index (χ0n) is 23.3. The van der Waals surface area contributed by atoms with Crippen LogP contribution in [0.25, 0.3) is 22.3 Å². The molecule has 2 aliphatic rings. The minimum Gasteiger partial charge on any atom is -0.387 e. The number of aromatic nitrogens is 8. The molecule has 2 aliphatic heterocycles. The van der Waals surface area contributed by atoms with Crippen LogP contribution in [0.5, 0.6) is 0 Å². The quantitative estimate of drug-likeness (QED) is 0.0585. The van der Waals surface area contributed by atoms with Crippen LogP contribution in [0.4, 0.5) is 5.95 Å². The Morgan fingerprint density at radius 3 is 2.50 bits per heavy atom. The van der Waals surface area contributed by atoms with E-state index in [0.29, 0.717) is 16.2 Å². The first-order chi connectivity index (χ1) is 21.9. The third-order valence-electron chi connectivity index (χ3n) is 7.16. The van der Waals surface area contributed by atoms with Gasteiger partial charge in [0.1, 0.15) is 53.5 Å². The molecule has 0 radical (unpaired) electrons. The van der Waals surface area contributed by atoms with E-state index < -0.39 is 77.1 Å². The normalized spacial score (nSPS) is 30.1. The summed E-state index contributed by atoms with van der Waals surface area (Å²) in [7, 11) is -7.92. The Hall–Kier alpha value is -3.24. The molecule has 10 atom stereocenters. The molecule has 24 heteroatoms. The standard InChI is InChI=1S/C22H25N9O12P2S/c1-46-19-11-16(24-5-25-19)30(7-27-11)20-13(33)12(32)9(42-20)4-40-45(38,39)43-15-8(2-3-44(36)37)41-21(14(15)34)31-6-26-10-17(31)28-22(23)29-18(10)35/h2-3,5-9,12-15,20-21,32-34H,4H2,1H3,(H4-,23,28,29,35,36,37,38,39)/p+1/b3-2-/t8-,9-,12-,13-,14-,15-,20-,21-/m1/s1. The van der Waals surface area contributed by atoms with Crippen molar-refractivity contribution in [3.63, 3.8) is 0 Å². The van der Waals surface area contributed by atoms with Crippen LogP contribution in [0, 0.1) is 0 Å². The van der Waals surface area contributed by atoms with E-state index in [-0.39, 0.29) is 17.1 Å². The van der Waals surface area contributed by atoms with E-state index in [9.17, 15) is 39.0 Å². The Kier molecular flexibility index (Phi) is 9.06. The van der Waals surface area contributed by atoms with Crippen LogP contribution in [0.1, 0.15) is 12.5 Å². The number of aromatic amines is 1. The number of nitrogens with two attached hydrogens (primary N) is 1. The van der Waals surface area contributed by atoms with Gasteiger partial charge in [0.25, 0.3) is 5.56 Å². The first-order valence-corrected chi connectivity index (χ1v) is 17.2. The molecule has 0 aromatic carbocycles. The Balaban J connectivity index is 1.18. The smallest absolute Gasteiger partial charge is 0.387 e. The second kappa shape index (κ2) is 12.8. The van der Waals surface area contributed by atoms with E-state index in [1.165, 1.54) is 29.0 Å². The molecule has 6 heterocycles. The number of rotatable bonds is 10. The van der Waals surface area contributed by atoms with Gasteiger partial charge in [-0.15, -0.1) is 11.8 Å². The topological polar surface area (TPSA) is 305 Å². The van der Waals surface area contributed by atoms with Crippen LogP contribution in [-0.2, 0) is 27.7 Å². The number of nitrogens with zero attached hydrogens (tertiary/aromatic N) is 7. The lowest BCUT2D eigenvalue weighted by molar-refractivity contribution is -0.0550. The number of H-pyrrole nitrogens is 1. The number of phosphoric acid groups is 1. The van der Waals surface area contributed by atoms with Crippen molar-refractivity contribution in [2.75, 3.05) is 18.6 Å². The number of hydrogen-bond donors (Lipinski definition) is 7. The van der Waals surface area contributed by atoms with Crippen LogP contribution in [-0.4, -0.2) is 114 Å². The summed E-state index contributed by atoms with van der Waals surface area (Å²) < 4.78 is 48.8. The Morgan fingerprint density at radius 1 is 1.09 bits per heavy atom. The molecule has 4 aromatic rings. The number of aliphatic hydroxyl groups excluding tert-OH is 3. The van der Waals surface area contributed by atoms with Crippen molar-refractivity contribution in [2.24, 2.45) is 0 Å². The highest BCUT2D eigenvalue weighted by Crippen LogP contribution is 2.49. The fraction of sp³-hybridized carbons (Fsp3) is 0.455. The second-order valence-corrected chi connectivity index (χ2v) is 13.1. The molecular formula is C22H26N9O12P2S+. The van der Waals surface area contributed by atoms with Crippen molar-refractivity contribution in [2.45, 2.75) is 54.1 Å². The number of phosphoric ester groups is 1. The maximum Gasteiger partial charge on any atom is 0.537 e. The number of nitrogens with one attached hydrogen (secondary N) is 1. The number of anilines is 1. The summed E-state index contributed by atoms with van der Waals surface area (Å²) in [6.07, 6.45) is -5.28.